The minimum atomic E-state index is -5.13. The van der Waals surface area contributed by atoms with Gasteiger partial charge in [-0.05, 0) is 30.7 Å². The molecule has 1 heterocycles. The minimum Gasteiger partial charge on any atom is -0.475 e. The maximum absolute atomic E-state index is 13.5. The Labute approximate surface area is 203 Å². The molecule has 0 N–H and O–H groups in total. The first-order chi connectivity index (χ1) is 16.9. The van der Waals surface area contributed by atoms with Crippen LogP contribution in [0, 0.1) is 22.5 Å². The predicted molar refractivity (Wildman–Crippen MR) is 106 cm³/mol. The highest BCUT2D eigenvalue weighted by atomic mass is 19.4. The summed E-state index contributed by atoms with van der Waals surface area (Å²) in [6.45, 7) is 2.00. The molecule has 0 saturated heterocycles. The van der Waals surface area contributed by atoms with Crippen LogP contribution in [0.3, 0.4) is 0 Å². The van der Waals surface area contributed by atoms with Gasteiger partial charge in [0, 0.05) is 11.0 Å². The van der Waals surface area contributed by atoms with E-state index in [1.165, 1.54) is 20.8 Å². The van der Waals surface area contributed by atoms with Gasteiger partial charge in [-0.1, -0.05) is 13.8 Å². The molecule has 1 aromatic carbocycles. The van der Waals surface area contributed by atoms with E-state index in [1.54, 1.807) is 0 Å². The molecule has 1 aromatic rings. The van der Waals surface area contributed by atoms with Gasteiger partial charge >= 0.3 is 24.7 Å². The molecule has 17 heteroatoms. The molecule has 0 spiro atoms. The van der Waals surface area contributed by atoms with Crippen LogP contribution in [0.2, 0.25) is 0 Å². The van der Waals surface area contributed by atoms with Crippen molar-refractivity contribution in [3.8, 4) is 11.5 Å². The first kappa shape index (κ1) is 29.3. The number of hydrogen-bond acceptors (Lipinski definition) is 10. The number of aryl methyl sites for hydroxylation is 1. The van der Waals surface area contributed by atoms with Crippen LogP contribution < -0.4 is 9.47 Å². The summed E-state index contributed by atoms with van der Waals surface area (Å²) in [6.07, 6.45) is -13.9. The monoisotopic (exact) mass is 547 g/mol. The molecule has 0 radical (unpaired) electrons. The van der Waals surface area contributed by atoms with Gasteiger partial charge in [-0.3, -0.25) is 0 Å². The fraction of sp³-hybridized carbons (Fsp3) is 0.500. The molecule has 206 valence electrons. The normalized spacial score (nSPS) is 15.5. The molecular weight excluding hydrogens is 528 g/mol. The Morgan fingerprint density at radius 1 is 1.05 bits per heavy atom. The van der Waals surface area contributed by atoms with Crippen LogP contribution in [0.5, 0.6) is 11.5 Å². The van der Waals surface area contributed by atoms with Crippen LogP contribution >= 0.6 is 0 Å². The second-order valence-electron chi connectivity index (χ2n) is 8.24. The zero-order valence-corrected chi connectivity index (χ0v) is 19.2. The van der Waals surface area contributed by atoms with Crippen molar-refractivity contribution in [3.63, 3.8) is 0 Å². The molecule has 1 unspecified atom stereocenters. The molecule has 1 aliphatic heterocycles. The van der Waals surface area contributed by atoms with E-state index in [0.29, 0.717) is 12.1 Å². The summed E-state index contributed by atoms with van der Waals surface area (Å²) in [5.74, 6) is -2.85. The van der Waals surface area contributed by atoms with Crippen LogP contribution in [0.15, 0.2) is 17.7 Å². The van der Waals surface area contributed by atoms with Crippen molar-refractivity contribution in [2.75, 3.05) is 20.0 Å². The number of rotatable bonds is 9. The number of alkyl halides is 6. The van der Waals surface area contributed by atoms with Crippen molar-refractivity contribution in [2.24, 2.45) is 5.41 Å². The summed E-state index contributed by atoms with van der Waals surface area (Å²) in [5, 5.41) is 9.17. The number of esters is 1. The number of benzene rings is 1. The number of hydrogen-bond donors (Lipinski definition) is 0. The van der Waals surface area contributed by atoms with Crippen molar-refractivity contribution in [1.29, 1.82) is 0 Å². The Kier molecular flexibility index (Phi) is 8.71. The standard InChI is InChI=1S/C20H19F6NO10/c1-10-4-12(37-20(24,25)26)5-11-6-13(15(19(21,22)23)36-14(10)11)16(28)33-9-34-17(29)32-7-18(2,3)8-35-27(30)31/h4-6,15H,7-9H2,1-3H3. The van der Waals surface area contributed by atoms with Gasteiger partial charge in [0.05, 0.1) is 5.57 Å². The summed E-state index contributed by atoms with van der Waals surface area (Å²) < 4.78 is 101. The molecular formula is C20H19F6NO10. The van der Waals surface area contributed by atoms with Crippen LogP contribution in [0.4, 0.5) is 31.1 Å². The highest BCUT2D eigenvalue weighted by molar-refractivity contribution is 5.96. The number of carbonyl (C=O) groups is 2. The van der Waals surface area contributed by atoms with Gasteiger partial charge in [0.2, 0.25) is 12.9 Å². The average molecular weight is 547 g/mol. The smallest absolute Gasteiger partial charge is 0.475 e. The maximum atomic E-state index is 13.5. The summed E-state index contributed by atoms with van der Waals surface area (Å²) in [7, 11) is 0. The molecule has 0 aliphatic carbocycles. The number of halogens is 6. The third-order valence-electron chi connectivity index (χ3n) is 4.38. The second-order valence-corrected chi connectivity index (χ2v) is 8.24. The number of fused-ring (bicyclic) bond motifs is 1. The van der Waals surface area contributed by atoms with Crippen molar-refractivity contribution in [1.82, 2.24) is 0 Å². The van der Waals surface area contributed by atoms with Crippen LogP contribution in [0.1, 0.15) is 25.0 Å². The summed E-state index contributed by atoms with van der Waals surface area (Å²) in [6, 6.07) is 1.52. The van der Waals surface area contributed by atoms with E-state index in [-0.39, 0.29) is 11.1 Å². The summed E-state index contributed by atoms with van der Waals surface area (Å²) in [4.78, 5) is 38.3. The third kappa shape index (κ3) is 8.91. The molecule has 0 saturated carbocycles. The Hall–Kier alpha value is -3.92. The van der Waals surface area contributed by atoms with Crippen molar-refractivity contribution in [3.05, 3.63) is 38.9 Å². The topological polar surface area (TPSA) is 133 Å². The lowest BCUT2D eigenvalue weighted by Crippen LogP contribution is -2.41. The van der Waals surface area contributed by atoms with Crippen LogP contribution in [0.25, 0.3) is 6.08 Å². The fourth-order valence-electron chi connectivity index (χ4n) is 2.84. The molecule has 0 amide bonds. The SMILES string of the molecule is Cc1cc(OC(F)(F)F)cc2c1OC(C(F)(F)F)C(C(=O)OCOC(=O)OCC(C)(C)CO[N+](=O)[O-])=C2. The van der Waals surface area contributed by atoms with Crippen LogP contribution in [-0.2, 0) is 23.8 Å². The fourth-order valence-corrected chi connectivity index (χ4v) is 2.84. The first-order valence-corrected chi connectivity index (χ1v) is 9.97. The van der Waals surface area contributed by atoms with Gasteiger partial charge < -0.3 is 28.5 Å². The lowest BCUT2D eigenvalue weighted by Gasteiger charge is -2.29. The van der Waals surface area contributed by atoms with Gasteiger partial charge in [0.15, 0.2) is 0 Å². The Morgan fingerprint density at radius 3 is 2.27 bits per heavy atom. The van der Waals surface area contributed by atoms with E-state index >= 15 is 0 Å². The molecule has 1 aliphatic rings. The second kappa shape index (κ2) is 11.0. The quantitative estimate of drug-likeness (QED) is 0.143. The molecule has 11 nitrogen and oxygen atoms in total. The van der Waals surface area contributed by atoms with E-state index in [1.807, 2.05) is 0 Å². The van der Waals surface area contributed by atoms with E-state index < -0.39 is 78.3 Å². The van der Waals surface area contributed by atoms with E-state index in [2.05, 4.69) is 23.8 Å². The Bertz CT molecular complexity index is 1070. The van der Waals surface area contributed by atoms with E-state index in [4.69, 9.17) is 4.74 Å². The average Bonchev–Trinajstić information content (AvgIpc) is 2.74. The van der Waals surface area contributed by atoms with Gasteiger partial charge in [0.1, 0.15) is 24.7 Å². The van der Waals surface area contributed by atoms with Crippen LogP contribution in [-0.4, -0.2) is 55.9 Å². The lowest BCUT2D eigenvalue weighted by molar-refractivity contribution is -0.760. The van der Waals surface area contributed by atoms with Gasteiger partial charge in [-0.25, -0.2) is 9.59 Å². The van der Waals surface area contributed by atoms with Crippen molar-refractivity contribution >= 4 is 18.2 Å². The van der Waals surface area contributed by atoms with Gasteiger partial charge in [0.25, 0.3) is 5.09 Å². The third-order valence-corrected chi connectivity index (χ3v) is 4.38. The number of ether oxygens (including phenoxy) is 5. The van der Waals surface area contributed by atoms with E-state index in [0.717, 1.165) is 6.07 Å². The minimum absolute atomic E-state index is 0.132. The maximum Gasteiger partial charge on any atom is 0.573 e. The number of carbonyl (C=O) groups excluding carboxylic acids is 2. The molecule has 0 bridgehead atoms. The highest BCUT2D eigenvalue weighted by Crippen LogP contribution is 2.41. The lowest BCUT2D eigenvalue weighted by atomic mass is 9.97. The first-order valence-electron chi connectivity index (χ1n) is 9.97. The molecule has 0 aromatic heterocycles. The van der Waals surface area contributed by atoms with Crippen molar-refractivity contribution in [2.45, 2.75) is 39.4 Å². The van der Waals surface area contributed by atoms with Crippen molar-refractivity contribution < 1.29 is 69.5 Å². The molecule has 1 atom stereocenters. The molecule has 37 heavy (non-hydrogen) atoms. The number of nitrogens with zero attached hydrogens (tertiary/aromatic N) is 1. The predicted octanol–water partition coefficient (Wildman–Crippen LogP) is 4.49. The Morgan fingerprint density at radius 2 is 1.70 bits per heavy atom. The highest BCUT2D eigenvalue weighted by Gasteiger charge is 2.49. The zero-order chi connectivity index (χ0) is 28.2. The molecule has 2 rings (SSSR count). The van der Waals surface area contributed by atoms with Gasteiger partial charge in [-0.15, -0.1) is 23.3 Å². The Balaban J connectivity index is 2.10. The van der Waals surface area contributed by atoms with Gasteiger partial charge in [-0.2, -0.15) is 13.2 Å². The zero-order valence-electron chi connectivity index (χ0n) is 19.2. The van der Waals surface area contributed by atoms with E-state index in [9.17, 15) is 46.0 Å². The largest absolute Gasteiger partial charge is 0.573 e. The molecule has 0 fully saturated rings. The summed E-state index contributed by atoms with van der Waals surface area (Å²) in [5.41, 5.74) is -2.62. The summed E-state index contributed by atoms with van der Waals surface area (Å²) >= 11 is 0.